The highest BCUT2D eigenvalue weighted by Crippen LogP contribution is 2.24. The van der Waals surface area contributed by atoms with Crippen LogP contribution in [0.4, 0.5) is 0 Å². The second kappa shape index (κ2) is 4.22. The van der Waals surface area contributed by atoms with Gasteiger partial charge in [0.2, 0.25) is 0 Å². The van der Waals surface area contributed by atoms with Crippen LogP contribution < -0.4 is 5.73 Å². The van der Waals surface area contributed by atoms with E-state index in [0.29, 0.717) is 0 Å². The SMILES string of the molecule is Cc1cc(C(N)CO)cc(C)c1Br. The van der Waals surface area contributed by atoms with Crippen molar-refractivity contribution in [2.75, 3.05) is 6.61 Å². The summed E-state index contributed by atoms with van der Waals surface area (Å²) in [6.07, 6.45) is 0. The molecule has 2 nitrogen and oxygen atoms in total. The van der Waals surface area contributed by atoms with E-state index in [1.165, 1.54) is 0 Å². The summed E-state index contributed by atoms with van der Waals surface area (Å²) in [6, 6.07) is 3.72. The molecule has 1 rings (SSSR count). The molecule has 0 aliphatic rings. The Morgan fingerprint density at radius 1 is 1.38 bits per heavy atom. The second-order valence-corrected chi connectivity index (χ2v) is 4.05. The molecule has 0 aromatic heterocycles. The minimum Gasteiger partial charge on any atom is -0.394 e. The maximum Gasteiger partial charge on any atom is 0.0624 e. The van der Waals surface area contributed by atoms with E-state index < -0.39 is 0 Å². The molecule has 0 aliphatic carbocycles. The predicted molar refractivity (Wildman–Crippen MR) is 57.6 cm³/mol. The fourth-order valence-electron chi connectivity index (χ4n) is 1.30. The number of rotatable bonds is 2. The monoisotopic (exact) mass is 243 g/mol. The zero-order chi connectivity index (χ0) is 10.0. The van der Waals surface area contributed by atoms with E-state index in [0.717, 1.165) is 21.2 Å². The number of hydrogen-bond donors (Lipinski definition) is 2. The fraction of sp³-hybridized carbons (Fsp3) is 0.400. The molecule has 0 heterocycles. The van der Waals surface area contributed by atoms with Crippen LogP contribution in [0.5, 0.6) is 0 Å². The summed E-state index contributed by atoms with van der Waals surface area (Å²) in [5.74, 6) is 0. The van der Waals surface area contributed by atoms with Gasteiger partial charge in [-0.05, 0) is 30.5 Å². The molecule has 0 aliphatic heterocycles. The molecule has 13 heavy (non-hydrogen) atoms. The van der Waals surface area contributed by atoms with Gasteiger partial charge in [0, 0.05) is 4.47 Å². The predicted octanol–water partition coefficient (Wildman–Crippen LogP) is 2.06. The van der Waals surface area contributed by atoms with Crippen LogP contribution in [0.2, 0.25) is 0 Å². The lowest BCUT2D eigenvalue weighted by atomic mass is 10.0. The maximum atomic E-state index is 8.90. The van der Waals surface area contributed by atoms with Gasteiger partial charge in [-0.15, -0.1) is 0 Å². The number of aryl methyl sites for hydroxylation is 2. The van der Waals surface area contributed by atoms with Crippen LogP contribution in [0.15, 0.2) is 16.6 Å². The largest absolute Gasteiger partial charge is 0.394 e. The van der Waals surface area contributed by atoms with Crippen LogP contribution in [0.1, 0.15) is 22.7 Å². The summed E-state index contributed by atoms with van der Waals surface area (Å²) in [4.78, 5) is 0. The van der Waals surface area contributed by atoms with Crippen molar-refractivity contribution in [2.24, 2.45) is 5.73 Å². The first-order chi connectivity index (χ1) is 6.06. The molecule has 1 unspecified atom stereocenters. The van der Waals surface area contributed by atoms with Crippen LogP contribution in [-0.4, -0.2) is 11.7 Å². The zero-order valence-electron chi connectivity index (χ0n) is 7.84. The van der Waals surface area contributed by atoms with Gasteiger partial charge >= 0.3 is 0 Å². The van der Waals surface area contributed by atoms with E-state index in [1.807, 2.05) is 26.0 Å². The molecule has 0 saturated carbocycles. The van der Waals surface area contributed by atoms with Gasteiger partial charge in [0.1, 0.15) is 0 Å². The third kappa shape index (κ3) is 2.30. The number of aliphatic hydroxyl groups excluding tert-OH is 1. The highest BCUT2D eigenvalue weighted by Gasteiger charge is 2.07. The van der Waals surface area contributed by atoms with Crippen LogP contribution in [0, 0.1) is 13.8 Å². The molecule has 3 heteroatoms. The lowest BCUT2D eigenvalue weighted by molar-refractivity contribution is 0.268. The highest BCUT2D eigenvalue weighted by atomic mass is 79.9. The average Bonchev–Trinajstić information content (AvgIpc) is 2.12. The van der Waals surface area contributed by atoms with Gasteiger partial charge in [-0.2, -0.15) is 0 Å². The summed E-state index contributed by atoms with van der Waals surface area (Å²) in [5.41, 5.74) is 9.01. The molecular weight excluding hydrogens is 230 g/mol. The Morgan fingerprint density at radius 3 is 2.23 bits per heavy atom. The topological polar surface area (TPSA) is 46.2 Å². The van der Waals surface area contributed by atoms with Crippen molar-refractivity contribution in [1.82, 2.24) is 0 Å². The minimum atomic E-state index is -0.273. The first-order valence-electron chi connectivity index (χ1n) is 4.19. The number of aliphatic hydroxyl groups is 1. The van der Waals surface area contributed by atoms with Crippen molar-refractivity contribution in [3.63, 3.8) is 0 Å². The molecule has 1 atom stereocenters. The molecule has 0 spiro atoms. The smallest absolute Gasteiger partial charge is 0.0624 e. The van der Waals surface area contributed by atoms with E-state index in [9.17, 15) is 0 Å². The standard InChI is InChI=1S/C10H14BrNO/c1-6-3-8(9(12)5-13)4-7(2)10(6)11/h3-4,9,13H,5,12H2,1-2H3. The van der Waals surface area contributed by atoms with Crippen molar-refractivity contribution in [3.05, 3.63) is 33.3 Å². The van der Waals surface area contributed by atoms with Crippen molar-refractivity contribution >= 4 is 15.9 Å². The summed E-state index contributed by atoms with van der Waals surface area (Å²) in [6.45, 7) is 4.02. The maximum absolute atomic E-state index is 8.90. The van der Waals surface area contributed by atoms with E-state index >= 15 is 0 Å². The number of nitrogens with two attached hydrogens (primary N) is 1. The Kier molecular flexibility index (Phi) is 3.47. The van der Waals surface area contributed by atoms with Gasteiger partial charge in [-0.1, -0.05) is 28.1 Å². The van der Waals surface area contributed by atoms with E-state index in [2.05, 4.69) is 15.9 Å². The van der Waals surface area contributed by atoms with Crippen molar-refractivity contribution in [1.29, 1.82) is 0 Å². The molecule has 0 radical (unpaired) electrons. The highest BCUT2D eigenvalue weighted by molar-refractivity contribution is 9.10. The summed E-state index contributed by atoms with van der Waals surface area (Å²) in [5, 5.41) is 8.90. The third-order valence-electron chi connectivity index (χ3n) is 2.08. The van der Waals surface area contributed by atoms with Gasteiger partial charge in [-0.3, -0.25) is 0 Å². The Morgan fingerprint density at radius 2 is 1.85 bits per heavy atom. The van der Waals surface area contributed by atoms with E-state index in [4.69, 9.17) is 10.8 Å². The number of hydrogen-bond acceptors (Lipinski definition) is 2. The van der Waals surface area contributed by atoms with Gasteiger partial charge in [0.25, 0.3) is 0 Å². The minimum absolute atomic E-state index is 0.0134. The Hall–Kier alpha value is -0.380. The molecule has 1 aromatic carbocycles. The van der Waals surface area contributed by atoms with Crippen LogP contribution in [0.3, 0.4) is 0 Å². The molecule has 0 saturated heterocycles. The fourth-order valence-corrected chi connectivity index (χ4v) is 1.53. The first kappa shape index (κ1) is 10.7. The van der Waals surface area contributed by atoms with Crippen molar-refractivity contribution in [2.45, 2.75) is 19.9 Å². The lowest BCUT2D eigenvalue weighted by Gasteiger charge is -2.12. The molecule has 0 amide bonds. The zero-order valence-corrected chi connectivity index (χ0v) is 9.43. The Bertz CT molecular complexity index is 289. The lowest BCUT2D eigenvalue weighted by Crippen LogP contribution is -2.14. The number of halogens is 1. The number of benzene rings is 1. The third-order valence-corrected chi connectivity index (χ3v) is 3.33. The summed E-state index contributed by atoms with van der Waals surface area (Å²) in [7, 11) is 0. The van der Waals surface area contributed by atoms with Crippen LogP contribution in [-0.2, 0) is 0 Å². The van der Waals surface area contributed by atoms with Crippen molar-refractivity contribution in [3.8, 4) is 0 Å². The molecular formula is C10H14BrNO. The van der Waals surface area contributed by atoms with Gasteiger partial charge in [-0.25, -0.2) is 0 Å². The summed E-state index contributed by atoms with van der Waals surface area (Å²) >= 11 is 3.48. The molecule has 1 aromatic rings. The second-order valence-electron chi connectivity index (χ2n) is 3.26. The first-order valence-corrected chi connectivity index (χ1v) is 4.98. The molecule has 0 bridgehead atoms. The average molecular weight is 244 g/mol. The van der Waals surface area contributed by atoms with Crippen LogP contribution >= 0.6 is 15.9 Å². The Balaban J connectivity index is 3.13. The van der Waals surface area contributed by atoms with Gasteiger partial charge in [0.05, 0.1) is 12.6 Å². The quantitative estimate of drug-likeness (QED) is 0.836. The summed E-state index contributed by atoms with van der Waals surface area (Å²) < 4.78 is 1.11. The van der Waals surface area contributed by atoms with E-state index in [-0.39, 0.29) is 12.6 Å². The Labute approximate surface area is 86.9 Å². The van der Waals surface area contributed by atoms with Gasteiger partial charge in [0.15, 0.2) is 0 Å². The van der Waals surface area contributed by atoms with Crippen LogP contribution in [0.25, 0.3) is 0 Å². The normalized spacial score (nSPS) is 13.0. The molecule has 0 fully saturated rings. The molecule has 72 valence electrons. The van der Waals surface area contributed by atoms with Gasteiger partial charge < -0.3 is 10.8 Å². The molecule has 3 N–H and O–H groups in total. The van der Waals surface area contributed by atoms with E-state index in [1.54, 1.807) is 0 Å². The van der Waals surface area contributed by atoms with Crippen molar-refractivity contribution < 1.29 is 5.11 Å².